The number of hydrogen-bond donors (Lipinski definition) is 2. The normalized spacial score (nSPS) is 18.8. The third-order valence-corrected chi connectivity index (χ3v) is 3.60. The third-order valence-electron chi connectivity index (χ3n) is 3.60. The molecule has 0 aromatic carbocycles. The number of hydrogen-bond acceptors (Lipinski definition) is 3. The lowest BCUT2D eigenvalue weighted by atomic mass is 9.96. The van der Waals surface area contributed by atoms with Crippen molar-refractivity contribution >= 4 is 11.6 Å². The van der Waals surface area contributed by atoms with Crippen LogP contribution >= 0.6 is 0 Å². The fourth-order valence-electron chi connectivity index (χ4n) is 2.59. The van der Waals surface area contributed by atoms with Crippen LogP contribution < -0.4 is 16.2 Å². The number of nitrogens with zero attached hydrogens (tertiary/aromatic N) is 1. The minimum atomic E-state index is -0.0265. The molecule has 1 unspecified atom stereocenters. The second-order valence-electron chi connectivity index (χ2n) is 5.41. The highest BCUT2D eigenvalue weighted by Crippen LogP contribution is 2.15. The highest BCUT2D eigenvalue weighted by Gasteiger charge is 2.16. The van der Waals surface area contributed by atoms with Gasteiger partial charge >= 0.3 is 0 Å². The van der Waals surface area contributed by atoms with Crippen LogP contribution in [0.15, 0.2) is 23.1 Å². The first kappa shape index (κ1) is 14.8. The fourth-order valence-corrected chi connectivity index (χ4v) is 2.59. The van der Waals surface area contributed by atoms with Gasteiger partial charge in [-0.05, 0) is 44.3 Å². The predicted molar refractivity (Wildman–Crippen MR) is 79.8 cm³/mol. The molecule has 1 amide bonds. The van der Waals surface area contributed by atoms with Crippen LogP contribution in [0.5, 0.6) is 0 Å². The van der Waals surface area contributed by atoms with Crippen molar-refractivity contribution in [2.45, 2.75) is 39.2 Å². The number of aromatic nitrogens is 1. The van der Waals surface area contributed by atoms with Gasteiger partial charge in [-0.2, -0.15) is 0 Å². The second kappa shape index (κ2) is 7.24. The van der Waals surface area contributed by atoms with E-state index in [1.165, 1.54) is 6.07 Å². The second-order valence-corrected chi connectivity index (χ2v) is 5.41. The van der Waals surface area contributed by atoms with Crippen molar-refractivity contribution in [2.75, 3.05) is 18.4 Å². The van der Waals surface area contributed by atoms with Crippen molar-refractivity contribution in [3.8, 4) is 0 Å². The van der Waals surface area contributed by atoms with Crippen LogP contribution in [0.3, 0.4) is 0 Å². The van der Waals surface area contributed by atoms with Crippen LogP contribution in [-0.2, 0) is 11.3 Å². The lowest BCUT2D eigenvalue weighted by molar-refractivity contribution is -0.117. The molecule has 2 N–H and O–H groups in total. The molecule has 1 atom stereocenters. The number of amides is 1. The van der Waals surface area contributed by atoms with Gasteiger partial charge in [0.2, 0.25) is 5.91 Å². The number of nitrogens with one attached hydrogen (secondary N) is 2. The van der Waals surface area contributed by atoms with Crippen molar-refractivity contribution < 1.29 is 4.79 Å². The summed E-state index contributed by atoms with van der Waals surface area (Å²) in [6.45, 7) is 4.67. The zero-order chi connectivity index (χ0) is 14.4. The molecule has 1 aromatic heterocycles. The SMILES string of the molecule is CCCn1cc(NC(=O)CC2CCCNC2)ccc1=O. The molecule has 0 radical (unpaired) electrons. The van der Waals surface area contributed by atoms with Crippen LogP contribution in [0, 0.1) is 5.92 Å². The minimum Gasteiger partial charge on any atom is -0.325 e. The molecule has 20 heavy (non-hydrogen) atoms. The molecule has 0 saturated carbocycles. The van der Waals surface area contributed by atoms with Gasteiger partial charge in [-0.15, -0.1) is 0 Å². The first-order valence-electron chi connectivity index (χ1n) is 7.40. The maximum atomic E-state index is 12.0. The largest absolute Gasteiger partial charge is 0.325 e. The average Bonchev–Trinajstić information content (AvgIpc) is 2.44. The Bertz CT molecular complexity index is 504. The van der Waals surface area contributed by atoms with E-state index in [9.17, 15) is 9.59 Å². The Kier molecular flexibility index (Phi) is 5.35. The number of piperidine rings is 1. The highest BCUT2D eigenvalue weighted by molar-refractivity contribution is 5.90. The number of anilines is 1. The summed E-state index contributed by atoms with van der Waals surface area (Å²) in [7, 11) is 0. The summed E-state index contributed by atoms with van der Waals surface area (Å²) in [6.07, 6.45) is 5.41. The molecule has 1 aliphatic heterocycles. The topological polar surface area (TPSA) is 63.1 Å². The Balaban J connectivity index is 1.93. The summed E-state index contributed by atoms with van der Waals surface area (Å²) in [4.78, 5) is 23.6. The van der Waals surface area contributed by atoms with Gasteiger partial charge in [-0.1, -0.05) is 6.92 Å². The molecule has 2 heterocycles. The van der Waals surface area contributed by atoms with E-state index < -0.39 is 0 Å². The standard InChI is InChI=1S/C15H23N3O2/c1-2-8-18-11-13(5-6-15(18)20)17-14(19)9-12-4-3-7-16-10-12/h5-6,11-12,16H,2-4,7-10H2,1H3,(H,17,19). The van der Waals surface area contributed by atoms with E-state index in [1.807, 2.05) is 6.92 Å². The molecule has 5 heteroatoms. The van der Waals surface area contributed by atoms with Crippen molar-refractivity contribution in [1.29, 1.82) is 0 Å². The molecule has 1 fully saturated rings. The summed E-state index contributed by atoms with van der Waals surface area (Å²) in [5, 5.41) is 6.20. The lowest BCUT2D eigenvalue weighted by Gasteiger charge is -2.22. The zero-order valence-electron chi connectivity index (χ0n) is 12.0. The molecule has 5 nitrogen and oxygen atoms in total. The Hall–Kier alpha value is -1.62. The summed E-state index contributed by atoms with van der Waals surface area (Å²) >= 11 is 0. The van der Waals surface area contributed by atoms with Gasteiger partial charge in [0.15, 0.2) is 0 Å². The lowest BCUT2D eigenvalue weighted by Crippen LogP contribution is -2.32. The first-order chi connectivity index (χ1) is 9.69. The number of pyridine rings is 1. The van der Waals surface area contributed by atoms with E-state index >= 15 is 0 Å². The van der Waals surface area contributed by atoms with Gasteiger partial charge in [-0.25, -0.2) is 0 Å². The van der Waals surface area contributed by atoms with E-state index in [4.69, 9.17) is 0 Å². The summed E-state index contributed by atoms with van der Waals surface area (Å²) in [6, 6.07) is 3.18. The molecule has 110 valence electrons. The molecule has 0 spiro atoms. The first-order valence-corrected chi connectivity index (χ1v) is 7.40. The monoisotopic (exact) mass is 277 g/mol. The number of carbonyl (C=O) groups excluding carboxylic acids is 1. The molecule has 1 aliphatic rings. The maximum absolute atomic E-state index is 12.0. The van der Waals surface area contributed by atoms with E-state index in [1.54, 1.807) is 16.8 Å². The van der Waals surface area contributed by atoms with Crippen molar-refractivity contribution in [1.82, 2.24) is 9.88 Å². The van der Waals surface area contributed by atoms with E-state index in [0.29, 0.717) is 24.6 Å². The van der Waals surface area contributed by atoms with Crippen molar-refractivity contribution in [3.05, 3.63) is 28.7 Å². The smallest absolute Gasteiger partial charge is 0.250 e. The Labute approximate surface area is 119 Å². The maximum Gasteiger partial charge on any atom is 0.250 e. The minimum absolute atomic E-state index is 0.0265. The summed E-state index contributed by atoms with van der Waals surface area (Å²) < 4.78 is 1.64. The summed E-state index contributed by atoms with van der Waals surface area (Å²) in [5.74, 6) is 0.450. The highest BCUT2D eigenvalue weighted by atomic mass is 16.1. The molecule has 1 aromatic rings. The van der Waals surface area contributed by atoms with Crippen molar-refractivity contribution in [3.63, 3.8) is 0 Å². The van der Waals surface area contributed by atoms with Gasteiger partial charge in [0.1, 0.15) is 0 Å². The Morgan fingerprint density at radius 3 is 3.05 bits per heavy atom. The van der Waals surface area contributed by atoms with Gasteiger partial charge in [0.05, 0.1) is 5.69 Å². The van der Waals surface area contributed by atoms with Crippen LogP contribution in [0.2, 0.25) is 0 Å². The zero-order valence-corrected chi connectivity index (χ0v) is 12.0. The predicted octanol–water partition coefficient (Wildman–Crippen LogP) is 1.59. The Morgan fingerprint density at radius 1 is 1.50 bits per heavy atom. The molecular formula is C15H23N3O2. The van der Waals surface area contributed by atoms with Gasteiger partial charge in [-0.3, -0.25) is 9.59 Å². The molecule has 2 rings (SSSR count). The van der Waals surface area contributed by atoms with E-state index in [2.05, 4.69) is 10.6 Å². The van der Waals surface area contributed by atoms with Gasteiger partial charge in [0, 0.05) is 25.2 Å². The van der Waals surface area contributed by atoms with E-state index in [-0.39, 0.29) is 11.5 Å². The van der Waals surface area contributed by atoms with Gasteiger partial charge in [0.25, 0.3) is 5.56 Å². The molecule has 1 saturated heterocycles. The van der Waals surface area contributed by atoms with E-state index in [0.717, 1.165) is 32.4 Å². The molecule has 0 bridgehead atoms. The molecular weight excluding hydrogens is 254 g/mol. The van der Waals surface area contributed by atoms with Crippen LogP contribution in [0.25, 0.3) is 0 Å². The van der Waals surface area contributed by atoms with Crippen LogP contribution in [0.4, 0.5) is 5.69 Å². The van der Waals surface area contributed by atoms with Crippen molar-refractivity contribution in [2.24, 2.45) is 5.92 Å². The quantitative estimate of drug-likeness (QED) is 0.859. The van der Waals surface area contributed by atoms with Crippen LogP contribution in [0.1, 0.15) is 32.6 Å². The fraction of sp³-hybridized carbons (Fsp3) is 0.600. The number of carbonyl (C=O) groups is 1. The van der Waals surface area contributed by atoms with Gasteiger partial charge < -0.3 is 15.2 Å². The summed E-state index contributed by atoms with van der Waals surface area (Å²) in [5.41, 5.74) is 0.674. The van der Waals surface area contributed by atoms with Crippen LogP contribution in [-0.4, -0.2) is 23.6 Å². The number of rotatable bonds is 5. The number of aryl methyl sites for hydroxylation is 1. The Morgan fingerprint density at radius 2 is 2.35 bits per heavy atom. The molecule has 0 aliphatic carbocycles. The third kappa shape index (κ3) is 4.20. The average molecular weight is 277 g/mol.